The van der Waals surface area contributed by atoms with E-state index in [2.05, 4.69) is 9.47 Å². The van der Waals surface area contributed by atoms with Gasteiger partial charge in [0.15, 0.2) is 0 Å². The number of nitrogens with zero attached hydrogens (tertiary/aromatic N) is 1. The average molecular weight is 297 g/mol. The number of ether oxygens (including phenoxy) is 2. The molecule has 2 atom stereocenters. The zero-order chi connectivity index (χ0) is 15.3. The van der Waals surface area contributed by atoms with Crippen LogP contribution in [-0.4, -0.2) is 56.9 Å². The first-order chi connectivity index (χ1) is 9.28. The van der Waals surface area contributed by atoms with Gasteiger partial charge < -0.3 is 9.47 Å². The van der Waals surface area contributed by atoms with Gasteiger partial charge in [0.05, 0.1) is 32.6 Å². The summed E-state index contributed by atoms with van der Waals surface area (Å²) in [6.07, 6.45) is -4.02. The Morgan fingerprint density at radius 2 is 1.45 bits per heavy atom. The largest absolute Gasteiger partial charge is 0.469 e. The molecule has 0 aliphatic carbocycles. The molecule has 8 heteroatoms. The second-order valence-corrected chi connectivity index (χ2v) is 4.73. The molecule has 0 unspecified atom stereocenters. The van der Waals surface area contributed by atoms with Crippen LogP contribution < -0.4 is 0 Å². The van der Waals surface area contributed by atoms with E-state index in [-0.39, 0.29) is 25.9 Å². The molecule has 0 spiro atoms. The number of methoxy groups -OCH3 is 2. The van der Waals surface area contributed by atoms with Crippen LogP contribution in [0.3, 0.4) is 0 Å². The van der Waals surface area contributed by atoms with E-state index in [0.717, 1.165) is 0 Å². The molecule has 0 N–H and O–H groups in total. The number of halogens is 3. The molecular weight excluding hydrogens is 279 g/mol. The second kappa shape index (κ2) is 6.92. The Morgan fingerprint density at radius 1 is 1.05 bits per heavy atom. The van der Waals surface area contributed by atoms with E-state index in [1.807, 2.05) is 0 Å². The molecule has 1 aliphatic rings. The number of likely N-dealkylation sites (tertiary alicyclic amines) is 1. The van der Waals surface area contributed by atoms with Gasteiger partial charge in [-0.1, -0.05) is 0 Å². The van der Waals surface area contributed by atoms with Crippen molar-refractivity contribution in [2.75, 3.05) is 33.9 Å². The Labute approximate surface area is 115 Å². The molecule has 0 amide bonds. The molecule has 0 saturated carbocycles. The van der Waals surface area contributed by atoms with E-state index in [9.17, 15) is 22.8 Å². The molecule has 0 radical (unpaired) electrons. The molecule has 0 aromatic heterocycles. The second-order valence-electron chi connectivity index (χ2n) is 4.73. The molecule has 1 saturated heterocycles. The maximum absolute atomic E-state index is 12.4. The summed E-state index contributed by atoms with van der Waals surface area (Å²) in [5, 5.41) is 0. The van der Waals surface area contributed by atoms with Crippen molar-refractivity contribution in [2.45, 2.75) is 19.0 Å². The number of alkyl halides is 3. The average Bonchev–Trinajstić information content (AvgIpc) is 2.57. The van der Waals surface area contributed by atoms with Crippen LogP contribution in [0.25, 0.3) is 0 Å². The molecule has 0 aromatic carbocycles. The number of carbonyl (C=O) groups excluding carboxylic acids is 2. The SMILES string of the molecule is COC(=O)[C@H]1CCN(CC(F)(F)F)CC[C@H]1C(=O)OC. The Kier molecular flexibility index (Phi) is 5.79. The number of hydrogen-bond acceptors (Lipinski definition) is 5. The van der Waals surface area contributed by atoms with Crippen LogP contribution >= 0.6 is 0 Å². The zero-order valence-corrected chi connectivity index (χ0v) is 11.4. The summed E-state index contributed by atoms with van der Waals surface area (Å²) in [6.45, 7) is -0.867. The van der Waals surface area contributed by atoms with E-state index < -0.39 is 36.5 Å². The Morgan fingerprint density at radius 3 is 1.75 bits per heavy atom. The van der Waals surface area contributed by atoms with Crippen LogP contribution in [0, 0.1) is 11.8 Å². The molecule has 0 bridgehead atoms. The van der Waals surface area contributed by atoms with Crippen LogP contribution in [0.2, 0.25) is 0 Å². The summed E-state index contributed by atoms with van der Waals surface area (Å²) < 4.78 is 46.4. The minimum absolute atomic E-state index is 0.0901. The predicted octanol–water partition coefficient (Wildman–Crippen LogP) is 1.22. The minimum atomic E-state index is -4.30. The van der Waals surface area contributed by atoms with E-state index in [1.54, 1.807) is 0 Å². The van der Waals surface area contributed by atoms with Crippen molar-refractivity contribution in [3.05, 3.63) is 0 Å². The number of carbonyl (C=O) groups is 2. The summed E-state index contributed by atoms with van der Waals surface area (Å²) in [5.41, 5.74) is 0. The van der Waals surface area contributed by atoms with E-state index in [1.165, 1.54) is 19.1 Å². The van der Waals surface area contributed by atoms with Gasteiger partial charge >= 0.3 is 18.1 Å². The van der Waals surface area contributed by atoms with E-state index in [4.69, 9.17) is 0 Å². The lowest BCUT2D eigenvalue weighted by molar-refractivity contribution is -0.157. The lowest BCUT2D eigenvalue weighted by Gasteiger charge is -2.21. The minimum Gasteiger partial charge on any atom is -0.469 e. The van der Waals surface area contributed by atoms with Gasteiger partial charge in [-0.15, -0.1) is 0 Å². The standard InChI is InChI=1S/C12H18F3NO4/c1-19-10(17)8-3-5-16(7-12(13,14)15)6-4-9(8)11(18)20-2/h8-9H,3-7H2,1-2H3/t8-,9+. The third-order valence-corrected chi connectivity index (χ3v) is 3.41. The summed E-state index contributed by atoms with van der Waals surface area (Å²) in [4.78, 5) is 24.5. The number of rotatable bonds is 3. The summed E-state index contributed by atoms with van der Waals surface area (Å²) in [6, 6.07) is 0. The molecule has 1 rings (SSSR count). The van der Waals surface area contributed by atoms with Crippen LogP contribution in [0.4, 0.5) is 13.2 Å². The maximum Gasteiger partial charge on any atom is 0.401 e. The fourth-order valence-electron chi connectivity index (χ4n) is 2.44. The third kappa shape index (κ3) is 4.66. The van der Waals surface area contributed by atoms with E-state index in [0.29, 0.717) is 0 Å². The van der Waals surface area contributed by atoms with Crippen molar-refractivity contribution in [1.29, 1.82) is 0 Å². The Bertz CT molecular complexity index is 333. The van der Waals surface area contributed by atoms with Gasteiger partial charge in [-0.05, 0) is 25.9 Å². The molecule has 1 heterocycles. The highest BCUT2D eigenvalue weighted by molar-refractivity contribution is 5.82. The fraction of sp³-hybridized carbons (Fsp3) is 0.833. The quantitative estimate of drug-likeness (QED) is 0.733. The number of hydrogen-bond donors (Lipinski definition) is 0. The molecule has 1 aliphatic heterocycles. The van der Waals surface area contributed by atoms with Crippen molar-refractivity contribution in [3.63, 3.8) is 0 Å². The smallest absolute Gasteiger partial charge is 0.401 e. The van der Waals surface area contributed by atoms with Gasteiger partial charge in [0.1, 0.15) is 0 Å². The lowest BCUT2D eigenvalue weighted by Crippen LogP contribution is -2.35. The normalized spacial score (nSPS) is 24.9. The highest BCUT2D eigenvalue weighted by atomic mass is 19.4. The Hall–Kier alpha value is -1.31. The molecule has 1 fully saturated rings. The first kappa shape index (κ1) is 16.7. The highest BCUT2D eigenvalue weighted by Crippen LogP contribution is 2.28. The summed E-state index contributed by atoms with van der Waals surface area (Å²) >= 11 is 0. The van der Waals surface area contributed by atoms with E-state index >= 15 is 0 Å². The Balaban J connectivity index is 2.79. The zero-order valence-electron chi connectivity index (χ0n) is 11.4. The fourth-order valence-corrected chi connectivity index (χ4v) is 2.44. The summed E-state index contributed by atoms with van der Waals surface area (Å²) in [7, 11) is 2.38. The predicted molar refractivity (Wildman–Crippen MR) is 62.7 cm³/mol. The third-order valence-electron chi connectivity index (χ3n) is 3.41. The molecule has 5 nitrogen and oxygen atoms in total. The number of esters is 2. The lowest BCUT2D eigenvalue weighted by atomic mass is 9.88. The monoisotopic (exact) mass is 297 g/mol. The summed E-state index contributed by atoms with van der Waals surface area (Å²) in [5.74, 6) is -2.69. The van der Waals surface area contributed by atoms with Crippen LogP contribution in [0.1, 0.15) is 12.8 Å². The van der Waals surface area contributed by atoms with Gasteiger partial charge in [0, 0.05) is 0 Å². The van der Waals surface area contributed by atoms with Crippen LogP contribution in [0.15, 0.2) is 0 Å². The van der Waals surface area contributed by atoms with Crippen molar-refractivity contribution in [3.8, 4) is 0 Å². The molecule has 116 valence electrons. The van der Waals surface area contributed by atoms with Gasteiger partial charge in [0.2, 0.25) is 0 Å². The topological polar surface area (TPSA) is 55.8 Å². The highest BCUT2D eigenvalue weighted by Gasteiger charge is 2.39. The van der Waals surface area contributed by atoms with Crippen molar-refractivity contribution < 1.29 is 32.2 Å². The molecule has 0 aromatic rings. The first-order valence-electron chi connectivity index (χ1n) is 6.23. The molecular formula is C12H18F3NO4. The van der Waals surface area contributed by atoms with Crippen molar-refractivity contribution in [2.24, 2.45) is 11.8 Å². The first-order valence-corrected chi connectivity index (χ1v) is 6.23. The molecule has 20 heavy (non-hydrogen) atoms. The van der Waals surface area contributed by atoms with Crippen LogP contribution in [0.5, 0.6) is 0 Å². The van der Waals surface area contributed by atoms with Crippen LogP contribution in [-0.2, 0) is 19.1 Å². The van der Waals surface area contributed by atoms with Crippen molar-refractivity contribution in [1.82, 2.24) is 4.90 Å². The van der Waals surface area contributed by atoms with Gasteiger partial charge in [-0.25, -0.2) is 0 Å². The van der Waals surface area contributed by atoms with Gasteiger partial charge in [-0.3, -0.25) is 14.5 Å². The van der Waals surface area contributed by atoms with Gasteiger partial charge in [0.25, 0.3) is 0 Å². The van der Waals surface area contributed by atoms with Gasteiger partial charge in [-0.2, -0.15) is 13.2 Å². The van der Waals surface area contributed by atoms with Crippen molar-refractivity contribution >= 4 is 11.9 Å². The maximum atomic E-state index is 12.4.